The van der Waals surface area contributed by atoms with Crippen molar-refractivity contribution in [1.29, 1.82) is 5.26 Å². The summed E-state index contributed by atoms with van der Waals surface area (Å²) >= 11 is 0. The van der Waals surface area contributed by atoms with Gasteiger partial charge in [-0.25, -0.2) is 0 Å². The molecule has 90 valence electrons. The Morgan fingerprint density at radius 3 is 2.19 bits per heavy atom. The lowest BCUT2D eigenvalue weighted by molar-refractivity contribution is -0.129. The standard InChI is InChI=1S/C13H22N2O/c1-4-6-13(10-14,7-5-2)11(16)15-12(3)8-9-12/h4-9H2,1-3H3,(H,15,16). The summed E-state index contributed by atoms with van der Waals surface area (Å²) in [6, 6.07) is 2.26. The number of hydrogen-bond acceptors (Lipinski definition) is 2. The minimum atomic E-state index is -0.797. The molecule has 0 atom stereocenters. The number of rotatable bonds is 6. The first-order chi connectivity index (χ1) is 7.52. The zero-order chi connectivity index (χ0) is 12.2. The first-order valence-electron chi connectivity index (χ1n) is 6.26. The van der Waals surface area contributed by atoms with Crippen molar-refractivity contribution in [2.75, 3.05) is 0 Å². The summed E-state index contributed by atoms with van der Waals surface area (Å²) in [4.78, 5) is 12.2. The van der Waals surface area contributed by atoms with E-state index in [0.717, 1.165) is 25.7 Å². The summed E-state index contributed by atoms with van der Waals surface area (Å²) in [5, 5.41) is 12.3. The van der Waals surface area contributed by atoms with Gasteiger partial charge >= 0.3 is 0 Å². The van der Waals surface area contributed by atoms with Gasteiger partial charge in [-0.2, -0.15) is 5.26 Å². The van der Waals surface area contributed by atoms with Gasteiger partial charge in [-0.15, -0.1) is 0 Å². The molecule has 3 nitrogen and oxygen atoms in total. The zero-order valence-corrected chi connectivity index (χ0v) is 10.6. The molecule has 16 heavy (non-hydrogen) atoms. The summed E-state index contributed by atoms with van der Waals surface area (Å²) in [5.41, 5.74) is -0.824. The predicted octanol–water partition coefficient (Wildman–Crippen LogP) is 2.77. The van der Waals surface area contributed by atoms with Crippen LogP contribution in [0.25, 0.3) is 0 Å². The van der Waals surface area contributed by atoms with Crippen LogP contribution in [0.15, 0.2) is 0 Å². The number of nitrogens with zero attached hydrogens (tertiary/aromatic N) is 1. The fourth-order valence-electron chi connectivity index (χ4n) is 2.07. The minimum absolute atomic E-state index is 0.0271. The Bertz CT molecular complexity index is 294. The Labute approximate surface area is 98.2 Å². The Morgan fingerprint density at radius 2 is 1.88 bits per heavy atom. The maximum absolute atomic E-state index is 12.2. The molecule has 1 rings (SSSR count). The first-order valence-corrected chi connectivity index (χ1v) is 6.26. The van der Waals surface area contributed by atoms with Gasteiger partial charge in [0.2, 0.25) is 5.91 Å². The lowest BCUT2D eigenvalue weighted by Gasteiger charge is -2.26. The summed E-state index contributed by atoms with van der Waals surface area (Å²) in [6.45, 7) is 6.09. The predicted molar refractivity (Wildman–Crippen MR) is 63.6 cm³/mol. The quantitative estimate of drug-likeness (QED) is 0.751. The molecule has 0 unspecified atom stereocenters. The second-order valence-corrected chi connectivity index (χ2v) is 5.21. The van der Waals surface area contributed by atoms with Crippen LogP contribution in [0.3, 0.4) is 0 Å². The SMILES string of the molecule is CCCC(C#N)(CCC)C(=O)NC1(C)CC1. The van der Waals surface area contributed by atoms with Gasteiger partial charge in [0.15, 0.2) is 0 Å². The fourth-order valence-corrected chi connectivity index (χ4v) is 2.07. The van der Waals surface area contributed by atoms with E-state index in [9.17, 15) is 10.1 Å². The van der Waals surface area contributed by atoms with Crippen LogP contribution in [0.2, 0.25) is 0 Å². The molecular formula is C13H22N2O. The number of carbonyl (C=O) groups is 1. The van der Waals surface area contributed by atoms with Gasteiger partial charge in [-0.05, 0) is 32.6 Å². The third kappa shape index (κ3) is 2.75. The van der Waals surface area contributed by atoms with Gasteiger partial charge in [-0.3, -0.25) is 4.79 Å². The number of hydrogen-bond donors (Lipinski definition) is 1. The third-order valence-corrected chi connectivity index (χ3v) is 3.42. The van der Waals surface area contributed by atoms with Crippen LogP contribution in [0.5, 0.6) is 0 Å². The van der Waals surface area contributed by atoms with Crippen molar-refractivity contribution < 1.29 is 4.79 Å². The molecule has 0 aromatic heterocycles. The van der Waals surface area contributed by atoms with Crippen LogP contribution in [-0.2, 0) is 4.79 Å². The minimum Gasteiger partial charge on any atom is -0.350 e. The lowest BCUT2D eigenvalue weighted by Crippen LogP contribution is -2.45. The molecule has 0 aromatic carbocycles. The summed E-state index contributed by atoms with van der Waals surface area (Å²) in [5.74, 6) is -0.0568. The molecular weight excluding hydrogens is 200 g/mol. The van der Waals surface area contributed by atoms with Crippen LogP contribution < -0.4 is 5.32 Å². The maximum Gasteiger partial charge on any atom is 0.240 e. The molecule has 0 aromatic rings. The van der Waals surface area contributed by atoms with Gasteiger partial charge in [0.1, 0.15) is 5.41 Å². The number of nitrogens with one attached hydrogen (secondary N) is 1. The number of nitriles is 1. The van der Waals surface area contributed by atoms with Gasteiger partial charge in [-0.1, -0.05) is 26.7 Å². The van der Waals surface area contributed by atoms with Crippen molar-refractivity contribution in [1.82, 2.24) is 5.32 Å². The van der Waals surface area contributed by atoms with E-state index in [1.54, 1.807) is 0 Å². The summed E-state index contributed by atoms with van der Waals surface area (Å²) < 4.78 is 0. The highest BCUT2D eigenvalue weighted by atomic mass is 16.2. The number of amides is 1. The molecule has 0 spiro atoms. The van der Waals surface area contributed by atoms with E-state index in [1.165, 1.54) is 0 Å². The first kappa shape index (κ1) is 13.0. The molecule has 1 aliphatic rings. The fraction of sp³-hybridized carbons (Fsp3) is 0.846. The average Bonchev–Trinajstić information content (AvgIpc) is 2.95. The van der Waals surface area contributed by atoms with E-state index in [0.29, 0.717) is 12.8 Å². The largest absolute Gasteiger partial charge is 0.350 e. The highest BCUT2D eigenvalue weighted by molar-refractivity contribution is 5.86. The van der Waals surface area contributed by atoms with Crippen molar-refractivity contribution in [2.24, 2.45) is 5.41 Å². The molecule has 0 aliphatic heterocycles. The van der Waals surface area contributed by atoms with Crippen molar-refractivity contribution in [2.45, 2.75) is 64.8 Å². The highest BCUT2D eigenvalue weighted by Gasteiger charge is 2.45. The monoisotopic (exact) mass is 222 g/mol. The summed E-state index contributed by atoms with van der Waals surface area (Å²) in [6.07, 6.45) is 5.16. The van der Waals surface area contributed by atoms with Crippen LogP contribution >= 0.6 is 0 Å². The molecule has 0 radical (unpaired) electrons. The van der Waals surface area contributed by atoms with Crippen LogP contribution in [0.1, 0.15) is 59.3 Å². The number of carbonyl (C=O) groups excluding carboxylic acids is 1. The Hall–Kier alpha value is -1.04. The van der Waals surface area contributed by atoms with Gasteiger partial charge in [0, 0.05) is 5.54 Å². The third-order valence-electron chi connectivity index (χ3n) is 3.42. The van der Waals surface area contributed by atoms with E-state index in [1.807, 2.05) is 20.8 Å². The maximum atomic E-state index is 12.2. The molecule has 1 aliphatic carbocycles. The Morgan fingerprint density at radius 1 is 1.38 bits per heavy atom. The highest BCUT2D eigenvalue weighted by Crippen LogP contribution is 2.37. The molecule has 0 bridgehead atoms. The van der Waals surface area contributed by atoms with Crippen molar-refractivity contribution >= 4 is 5.91 Å². The van der Waals surface area contributed by atoms with E-state index in [2.05, 4.69) is 11.4 Å². The van der Waals surface area contributed by atoms with Crippen LogP contribution in [-0.4, -0.2) is 11.4 Å². The molecule has 1 fully saturated rings. The van der Waals surface area contributed by atoms with Crippen LogP contribution in [0.4, 0.5) is 0 Å². The zero-order valence-electron chi connectivity index (χ0n) is 10.6. The molecule has 0 heterocycles. The van der Waals surface area contributed by atoms with Gasteiger partial charge in [0.25, 0.3) is 0 Å². The van der Waals surface area contributed by atoms with E-state index >= 15 is 0 Å². The second-order valence-electron chi connectivity index (χ2n) is 5.21. The van der Waals surface area contributed by atoms with Crippen molar-refractivity contribution in [3.05, 3.63) is 0 Å². The molecule has 1 amide bonds. The normalized spacial score (nSPS) is 17.6. The average molecular weight is 222 g/mol. The topological polar surface area (TPSA) is 52.9 Å². The van der Waals surface area contributed by atoms with E-state index in [4.69, 9.17) is 0 Å². The summed E-state index contributed by atoms with van der Waals surface area (Å²) in [7, 11) is 0. The smallest absolute Gasteiger partial charge is 0.240 e. The Balaban J connectivity index is 2.74. The van der Waals surface area contributed by atoms with E-state index in [-0.39, 0.29) is 11.4 Å². The van der Waals surface area contributed by atoms with E-state index < -0.39 is 5.41 Å². The van der Waals surface area contributed by atoms with Crippen molar-refractivity contribution in [3.63, 3.8) is 0 Å². The van der Waals surface area contributed by atoms with Gasteiger partial charge < -0.3 is 5.32 Å². The second kappa shape index (κ2) is 4.86. The van der Waals surface area contributed by atoms with Gasteiger partial charge in [0.05, 0.1) is 6.07 Å². The lowest BCUT2D eigenvalue weighted by atomic mass is 9.79. The van der Waals surface area contributed by atoms with Crippen molar-refractivity contribution in [3.8, 4) is 6.07 Å². The van der Waals surface area contributed by atoms with Crippen LogP contribution in [0, 0.1) is 16.7 Å². The molecule has 3 heteroatoms. The molecule has 1 saturated carbocycles. The molecule has 0 saturated heterocycles. The Kier molecular flexibility index (Phi) is 3.96. The molecule has 1 N–H and O–H groups in total.